The molecule has 278 valence electrons. The average Bonchev–Trinajstić information content (AvgIpc) is 3.64. The second kappa shape index (κ2) is 13.7. The van der Waals surface area contributed by atoms with Crippen LogP contribution in [0.5, 0.6) is 40.2 Å². The van der Waals surface area contributed by atoms with Crippen molar-refractivity contribution in [2.45, 2.75) is 109 Å². The summed E-state index contributed by atoms with van der Waals surface area (Å²) in [5.41, 5.74) is 2.21. The lowest BCUT2D eigenvalue weighted by Crippen LogP contribution is -2.47. The van der Waals surface area contributed by atoms with E-state index in [1.165, 1.54) is 14.2 Å². The highest BCUT2D eigenvalue weighted by Crippen LogP contribution is 2.58. The molecule has 2 fully saturated rings. The minimum atomic E-state index is -2.47. The Morgan fingerprint density at radius 3 is 2.02 bits per heavy atom. The highest BCUT2D eigenvalue weighted by Gasteiger charge is 2.52. The third-order valence-corrected chi connectivity index (χ3v) is 14.5. The molecule has 3 aromatic rings. The molecular weight excluding hydrogens is 673 g/mol. The number of ether oxygens (including phenoxy) is 9. The highest BCUT2D eigenvalue weighted by molar-refractivity contribution is 6.74. The van der Waals surface area contributed by atoms with Crippen molar-refractivity contribution in [3.63, 3.8) is 0 Å². The zero-order chi connectivity index (χ0) is 36.9. The Kier molecular flexibility index (Phi) is 9.96. The van der Waals surface area contributed by atoms with Crippen molar-refractivity contribution in [3.8, 4) is 40.2 Å². The minimum absolute atomic E-state index is 0.125. The fourth-order valence-corrected chi connectivity index (χ4v) is 7.48. The molecule has 1 N–H and O–H groups in total. The van der Waals surface area contributed by atoms with Gasteiger partial charge in [0.15, 0.2) is 46.8 Å². The normalized spacial score (nSPS) is 23.9. The molecule has 11 nitrogen and oxygen atoms in total. The number of hydrogen-bond acceptors (Lipinski definition) is 11. The molecule has 6 rings (SSSR count). The summed E-state index contributed by atoms with van der Waals surface area (Å²) in [4.78, 5) is 0. The van der Waals surface area contributed by atoms with Crippen LogP contribution in [0.4, 0.5) is 0 Å². The van der Waals surface area contributed by atoms with E-state index in [9.17, 15) is 5.11 Å². The fraction of sp³-hybridized carbons (Fsp3) is 0.538. The van der Waals surface area contributed by atoms with E-state index < -0.39 is 38.2 Å². The van der Waals surface area contributed by atoms with E-state index in [4.69, 9.17) is 47.1 Å². The van der Waals surface area contributed by atoms with E-state index in [1.54, 1.807) is 12.1 Å². The minimum Gasteiger partial charge on any atom is -0.541 e. The molecule has 0 aliphatic carbocycles. The molecule has 0 bridgehead atoms. The molecule has 3 aliphatic rings. The molecule has 12 heteroatoms. The second-order valence-corrected chi connectivity index (χ2v) is 20.1. The lowest BCUT2D eigenvalue weighted by molar-refractivity contribution is -0.161. The topological polar surface area (TPSA) is 113 Å². The van der Waals surface area contributed by atoms with Crippen molar-refractivity contribution < 1.29 is 52.2 Å². The SMILES string of the molecule is COc1cc([C@H]2Oc3c(O[Si](C)(C)C(C)(C)C)cc(C4(C)OCCO4)c(OCc4ccccc4)c3O[C@@H]2[C@H]2OC(C)(C)O[C@H]2C)cc(OC)c1O. The Morgan fingerprint density at radius 1 is 0.843 bits per heavy atom. The van der Waals surface area contributed by atoms with E-state index in [1.807, 2.05) is 64.1 Å². The number of phenols is 1. The van der Waals surface area contributed by atoms with E-state index in [0.29, 0.717) is 47.3 Å². The van der Waals surface area contributed by atoms with Crippen LogP contribution in [0, 0.1) is 0 Å². The van der Waals surface area contributed by atoms with Crippen LogP contribution in [-0.2, 0) is 31.3 Å². The molecule has 0 radical (unpaired) electrons. The quantitative estimate of drug-likeness (QED) is 0.205. The standard InChI is InChI=1S/C39H52O11Si/c1-23-31(49-38(5,6)48-23)35-32(25-19-27(41-8)30(40)28(20-25)42-9)46-34-29(50-51(10,11)37(2,3)4)21-26(39(7)44-17-18-45-39)33(36(34)47-35)43-22-24-15-13-12-14-16-24/h12-16,19-21,23,31-32,35,40H,17-18,22H2,1-11H3/t23-,31-,32+,35+/m0/s1. The van der Waals surface area contributed by atoms with E-state index in [0.717, 1.165) is 5.56 Å². The average molecular weight is 725 g/mol. The summed E-state index contributed by atoms with van der Waals surface area (Å²) < 4.78 is 64.4. The first-order valence-corrected chi connectivity index (χ1v) is 20.4. The Hall–Kier alpha value is -3.68. The van der Waals surface area contributed by atoms with Crippen LogP contribution in [0.3, 0.4) is 0 Å². The molecule has 3 aromatic carbocycles. The number of rotatable bonds is 10. The summed E-state index contributed by atoms with van der Waals surface area (Å²) in [7, 11) is 0.502. The summed E-state index contributed by atoms with van der Waals surface area (Å²) in [5, 5.41) is 10.7. The van der Waals surface area contributed by atoms with Crippen LogP contribution < -0.4 is 28.1 Å². The van der Waals surface area contributed by atoms with Gasteiger partial charge in [-0.15, -0.1) is 0 Å². The molecule has 3 aliphatic heterocycles. The van der Waals surface area contributed by atoms with Gasteiger partial charge in [-0.1, -0.05) is 51.1 Å². The van der Waals surface area contributed by atoms with Gasteiger partial charge in [-0.2, -0.15) is 0 Å². The van der Waals surface area contributed by atoms with Crippen LogP contribution in [0.2, 0.25) is 18.1 Å². The lowest BCUT2D eigenvalue weighted by atomic mass is 9.94. The predicted octanol–water partition coefficient (Wildman–Crippen LogP) is 8.01. The zero-order valence-electron chi connectivity index (χ0n) is 31.6. The van der Waals surface area contributed by atoms with Crippen molar-refractivity contribution in [1.82, 2.24) is 0 Å². The van der Waals surface area contributed by atoms with Gasteiger partial charge in [0.2, 0.25) is 17.2 Å². The van der Waals surface area contributed by atoms with Crippen molar-refractivity contribution in [3.05, 3.63) is 65.2 Å². The number of aromatic hydroxyl groups is 1. The Morgan fingerprint density at radius 2 is 1.47 bits per heavy atom. The first-order valence-electron chi connectivity index (χ1n) is 17.5. The summed E-state index contributed by atoms with van der Waals surface area (Å²) in [6, 6.07) is 15.2. The Balaban J connectivity index is 1.59. The van der Waals surface area contributed by atoms with Crippen LogP contribution in [0.25, 0.3) is 0 Å². The first kappa shape index (κ1) is 37.1. The maximum atomic E-state index is 10.8. The van der Waals surface area contributed by atoms with Gasteiger partial charge in [0.05, 0.1) is 39.1 Å². The van der Waals surface area contributed by atoms with Gasteiger partial charge in [-0.05, 0) is 69.6 Å². The van der Waals surface area contributed by atoms with Crippen LogP contribution in [-0.4, -0.2) is 65.0 Å². The zero-order valence-corrected chi connectivity index (χ0v) is 32.6. The van der Waals surface area contributed by atoms with Crippen molar-refractivity contribution in [2.75, 3.05) is 27.4 Å². The van der Waals surface area contributed by atoms with Crippen LogP contribution in [0.15, 0.2) is 48.5 Å². The second-order valence-electron chi connectivity index (χ2n) is 15.4. The number of hydrogen-bond donors (Lipinski definition) is 1. The number of methoxy groups -OCH3 is 2. The Bertz CT molecular complexity index is 1690. The molecule has 3 heterocycles. The van der Waals surface area contributed by atoms with E-state index in [-0.39, 0.29) is 35.0 Å². The summed E-state index contributed by atoms with van der Waals surface area (Å²) in [5.74, 6) is -0.109. The monoisotopic (exact) mass is 724 g/mol. The van der Waals surface area contributed by atoms with E-state index in [2.05, 4.69) is 33.9 Å². The lowest BCUT2D eigenvalue weighted by Gasteiger charge is -2.42. The maximum Gasteiger partial charge on any atom is 0.250 e. The highest BCUT2D eigenvalue weighted by atomic mass is 28.4. The third kappa shape index (κ3) is 7.21. The molecule has 0 aromatic heterocycles. The van der Waals surface area contributed by atoms with E-state index >= 15 is 0 Å². The molecule has 4 atom stereocenters. The Labute approximate surface area is 302 Å². The van der Waals surface area contributed by atoms with Gasteiger partial charge < -0.3 is 52.2 Å². The summed E-state index contributed by atoms with van der Waals surface area (Å²) in [6.07, 6.45) is -2.54. The molecule has 0 amide bonds. The fourth-order valence-electron chi connectivity index (χ4n) is 6.47. The number of phenolic OH excluding ortho intramolecular Hbond substituents is 1. The van der Waals surface area contributed by atoms with Gasteiger partial charge in [-0.25, -0.2) is 0 Å². The first-order chi connectivity index (χ1) is 24.0. The number of fused-ring (bicyclic) bond motifs is 1. The molecule has 0 unspecified atom stereocenters. The molecular formula is C39H52O11Si. The van der Waals surface area contributed by atoms with Crippen LogP contribution in [0.1, 0.15) is 71.3 Å². The molecule has 0 saturated carbocycles. The molecule has 51 heavy (non-hydrogen) atoms. The van der Waals surface area contributed by atoms with Gasteiger partial charge in [-0.3, -0.25) is 0 Å². The van der Waals surface area contributed by atoms with Gasteiger partial charge in [0, 0.05) is 5.56 Å². The summed E-state index contributed by atoms with van der Waals surface area (Å²) >= 11 is 0. The van der Waals surface area contributed by atoms with Crippen molar-refractivity contribution in [2.24, 2.45) is 0 Å². The van der Waals surface area contributed by atoms with Gasteiger partial charge in [0.1, 0.15) is 12.7 Å². The smallest absolute Gasteiger partial charge is 0.250 e. The summed E-state index contributed by atoms with van der Waals surface area (Å²) in [6.45, 7) is 19.5. The molecule has 0 spiro atoms. The maximum absolute atomic E-state index is 10.8. The predicted molar refractivity (Wildman–Crippen MR) is 193 cm³/mol. The van der Waals surface area contributed by atoms with Gasteiger partial charge in [0.25, 0.3) is 8.32 Å². The van der Waals surface area contributed by atoms with Crippen molar-refractivity contribution in [1.29, 1.82) is 0 Å². The van der Waals surface area contributed by atoms with Crippen molar-refractivity contribution >= 4 is 8.32 Å². The largest absolute Gasteiger partial charge is 0.541 e. The number of benzene rings is 3. The van der Waals surface area contributed by atoms with Gasteiger partial charge >= 0.3 is 0 Å². The molecule has 2 saturated heterocycles. The third-order valence-electron chi connectivity index (χ3n) is 10.2. The van der Waals surface area contributed by atoms with Crippen LogP contribution >= 0.6 is 0 Å².